The largest absolute Gasteiger partial charge is 0.0864 e. The van der Waals surface area contributed by atoms with Crippen LogP contribution in [0, 0.1) is 3.57 Å². The molecule has 0 amide bonds. The normalized spacial score (nSPS) is 10.4. The van der Waals surface area contributed by atoms with Crippen LogP contribution in [0.25, 0.3) is 0 Å². The predicted octanol–water partition coefficient (Wildman–Crippen LogP) is 4.83. The number of benzene rings is 1. The topological polar surface area (TPSA) is 0 Å². The highest BCUT2D eigenvalue weighted by Crippen LogP contribution is 2.11. The molecule has 0 aliphatic carbocycles. The zero-order valence-electron chi connectivity index (χ0n) is 8.31. The van der Waals surface area contributed by atoms with Gasteiger partial charge in [-0.2, -0.15) is 0 Å². The van der Waals surface area contributed by atoms with Crippen molar-refractivity contribution in [2.45, 2.75) is 32.1 Å². The van der Waals surface area contributed by atoms with Crippen LogP contribution in [0.1, 0.15) is 31.2 Å². The molecule has 0 bridgehead atoms. The molecule has 0 nitrogen and oxygen atoms in total. The summed E-state index contributed by atoms with van der Waals surface area (Å²) in [5, 5.41) is 0. The molecular formula is C12H16I2. The van der Waals surface area contributed by atoms with Gasteiger partial charge in [0.1, 0.15) is 0 Å². The second-order valence-electron chi connectivity index (χ2n) is 3.48. The van der Waals surface area contributed by atoms with E-state index in [1.54, 1.807) is 0 Å². The molecule has 0 aliphatic rings. The maximum atomic E-state index is 2.45. The van der Waals surface area contributed by atoms with Gasteiger partial charge < -0.3 is 0 Å². The molecule has 0 aromatic heterocycles. The SMILES string of the molecule is ICCCCCCc1ccc(I)cc1. The van der Waals surface area contributed by atoms with Crippen LogP contribution in [0.15, 0.2) is 24.3 Å². The van der Waals surface area contributed by atoms with Gasteiger partial charge in [-0.15, -0.1) is 0 Å². The van der Waals surface area contributed by atoms with E-state index in [1.165, 1.54) is 45.7 Å². The molecule has 0 saturated heterocycles. The van der Waals surface area contributed by atoms with Crippen LogP contribution in [-0.4, -0.2) is 4.43 Å². The van der Waals surface area contributed by atoms with Gasteiger partial charge in [0.05, 0.1) is 0 Å². The van der Waals surface area contributed by atoms with E-state index < -0.39 is 0 Å². The second-order valence-corrected chi connectivity index (χ2v) is 5.80. The van der Waals surface area contributed by atoms with Crippen LogP contribution in [0.4, 0.5) is 0 Å². The monoisotopic (exact) mass is 414 g/mol. The van der Waals surface area contributed by atoms with Gasteiger partial charge in [0.2, 0.25) is 0 Å². The lowest BCUT2D eigenvalue weighted by molar-refractivity contribution is 0.673. The van der Waals surface area contributed by atoms with Crippen molar-refractivity contribution < 1.29 is 0 Å². The average molecular weight is 414 g/mol. The molecule has 0 fully saturated rings. The quantitative estimate of drug-likeness (QED) is 0.356. The molecule has 2 heteroatoms. The third-order valence-electron chi connectivity index (χ3n) is 2.26. The minimum absolute atomic E-state index is 1.25. The highest BCUT2D eigenvalue weighted by molar-refractivity contribution is 14.1. The number of rotatable bonds is 6. The Morgan fingerprint density at radius 3 is 2.14 bits per heavy atom. The zero-order valence-corrected chi connectivity index (χ0v) is 12.6. The second kappa shape index (κ2) is 7.91. The van der Waals surface area contributed by atoms with Gasteiger partial charge in [0.25, 0.3) is 0 Å². The Kier molecular flexibility index (Phi) is 7.20. The molecule has 0 spiro atoms. The molecule has 0 heterocycles. The first-order valence-electron chi connectivity index (χ1n) is 5.13. The summed E-state index contributed by atoms with van der Waals surface area (Å²) in [6.07, 6.45) is 6.75. The molecule has 14 heavy (non-hydrogen) atoms. The zero-order chi connectivity index (χ0) is 10.2. The molecule has 0 aliphatic heterocycles. The number of aryl methyl sites for hydroxylation is 1. The van der Waals surface area contributed by atoms with Gasteiger partial charge in [-0.25, -0.2) is 0 Å². The first kappa shape index (κ1) is 12.7. The summed E-state index contributed by atoms with van der Waals surface area (Å²) < 4.78 is 2.64. The molecule has 1 aromatic rings. The van der Waals surface area contributed by atoms with Crippen LogP contribution in [-0.2, 0) is 6.42 Å². The van der Waals surface area contributed by atoms with Crippen LogP contribution < -0.4 is 0 Å². The summed E-state index contributed by atoms with van der Waals surface area (Å²) in [6, 6.07) is 8.89. The summed E-state index contributed by atoms with van der Waals surface area (Å²) in [5.41, 5.74) is 1.49. The van der Waals surface area contributed by atoms with E-state index in [2.05, 4.69) is 69.4 Å². The van der Waals surface area contributed by atoms with Crippen molar-refractivity contribution >= 4 is 45.2 Å². The molecular weight excluding hydrogens is 398 g/mol. The third kappa shape index (κ3) is 5.53. The molecule has 1 rings (SSSR count). The standard InChI is InChI=1S/C12H16I2/c13-10-4-2-1-3-5-11-6-8-12(14)9-7-11/h6-9H,1-5,10H2. The summed E-state index contributed by atoms with van der Waals surface area (Å²) >= 11 is 4.81. The van der Waals surface area contributed by atoms with E-state index in [0.717, 1.165) is 0 Å². The Balaban J connectivity index is 2.15. The first-order chi connectivity index (χ1) is 6.83. The summed E-state index contributed by atoms with van der Waals surface area (Å²) in [4.78, 5) is 0. The Labute approximate surface area is 114 Å². The number of alkyl halides is 1. The third-order valence-corrected chi connectivity index (χ3v) is 3.74. The van der Waals surface area contributed by atoms with Crippen LogP contribution in [0.3, 0.4) is 0 Å². The van der Waals surface area contributed by atoms with E-state index >= 15 is 0 Å². The fraction of sp³-hybridized carbons (Fsp3) is 0.500. The van der Waals surface area contributed by atoms with Gasteiger partial charge in [0, 0.05) is 3.57 Å². The molecule has 0 saturated carbocycles. The Morgan fingerprint density at radius 1 is 0.857 bits per heavy atom. The van der Waals surface area contributed by atoms with E-state index in [-0.39, 0.29) is 0 Å². The lowest BCUT2D eigenvalue weighted by atomic mass is 10.1. The lowest BCUT2D eigenvalue weighted by Crippen LogP contribution is -1.86. The van der Waals surface area contributed by atoms with Gasteiger partial charge in [-0.3, -0.25) is 0 Å². The number of hydrogen-bond acceptors (Lipinski definition) is 0. The van der Waals surface area contributed by atoms with Crippen molar-refractivity contribution in [1.29, 1.82) is 0 Å². The Morgan fingerprint density at radius 2 is 1.50 bits per heavy atom. The lowest BCUT2D eigenvalue weighted by Gasteiger charge is -2.01. The highest BCUT2D eigenvalue weighted by Gasteiger charge is 1.93. The molecule has 0 radical (unpaired) electrons. The molecule has 1 aromatic carbocycles. The maximum absolute atomic E-state index is 2.45. The molecule has 0 N–H and O–H groups in total. The minimum Gasteiger partial charge on any atom is -0.0864 e. The fourth-order valence-electron chi connectivity index (χ4n) is 1.43. The van der Waals surface area contributed by atoms with E-state index in [1.807, 2.05) is 0 Å². The van der Waals surface area contributed by atoms with Crippen molar-refractivity contribution in [3.05, 3.63) is 33.4 Å². The van der Waals surface area contributed by atoms with E-state index in [9.17, 15) is 0 Å². The van der Waals surface area contributed by atoms with Crippen LogP contribution >= 0.6 is 45.2 Å². The summed E-state index contributed by atoms with van der Waals surface area (Å²) in [7, 11) is 0. The van der Waals surface area contributed by atoms with Crippen LogP contribution in [0.5, 0.6) is 0 Å². The van der Waals surface area contributed by atoms with E-state index in [4.69, 9.17) is 0 Å². The molecule has 0 unspecified atom stereocenters. The minimum atomic E-state index is 1.25. The Hall–Kier alpha value is 0.680. The fourth-order valence-corrected chi connectivity index (χ4v) is 2.33. The van der Waals surface area contributed by atoms with Gasteiger partial charge in [0.15, 0.2) is 0 Å². The van der Waals surface area contributed by atoms with Crippen molar-refractivity contribution in [3.8, 4) is 0 Å². The molecule has 78 valence electrons. The summed E-state index contributed by atoms with van der Waals surface area (Å²) in [5.74, 6) is 0. The maximum Gasteiger partial charge on any atom is 0.0130 e. The van der Waals surface area contributed by atoms with Gasteiger partial charge in [-0.1, -0.05) is 47.6 Å². The van der Waals surface area contributed by atoms with Crippen molar-refractivity contribution in [2.24, 2.45) is 0 Å². The summed E-state index contributed by atoms with van der Waals surface area (Å²) in [6.45, 7) is 0. The Bertz CT molecular complexity index is 241. The number of unbranched alkanes of at least 4 members (excludes halogenated alkanes) is 3. The average Bonchev–Trinajstić information content (AvgIpc) is 2.21. The van der Waals surface area contributed by atoms with Crippen molar-refractivity contribution in [3.63, 3.8) is 0 Å². The number of hydrogen-bond donors (Lipinski definition) is 0. The first-order valence-corrected chi connectivity index (χ1v) is 7.74. The van der Waals surface area contributed by atoms with Gasteiger partial charge in [-0.05, 0) is 64.0 Å². The van der Waals surface area contributed by atoms with Gasteiger partial charge >= 0.3 is 0 Å². The van der Waals surface area contributed by atoms with Crippen molar-refractivity contribution in [1.82, 2.24) is 0 Å². The predicted molar refractivity (Wildman–Crippen MR) is 80.2 cm³/mol. The van der Waals surface area contributed by atoms with E-state index in [0.29, 0.717) is 0 Å². The number of halogens is 2. The highest BCUT2D eigenvalue weighted by atomic mass is 127. The van der Waals surface area contributed by atoms with Crippen molar-refractivity contribution in [2.75, 3.05) is 4.43 Å². The van der Waals surface area contributed by atoms with Crippen LogP contribution in [0.2, 0.25) is 0 Å². The smallest absolute Gasteiger partial charge is 0.0130 e. The molecule has 0 atom stereocenters.